The van der Waals surface area contributed by atoms with E-state index in [2.05, 4.69) is 77.6 Å². The molecule has 0 fully saturated rings. The van der Waals surface area contributed by atoms with Crippen molar-refractivity contribution in [2.45, 2.75) is 26.8 Å². The third kappa shape index (κ3) is 4.19. The van der Waals surface area contributed by atoms with E-state index in [1.807, 2.05) is 0 Å². The molecule has 0 aromatic heterocycles. The molecule has 0 heterocycles. The summed E-state index contributed by atoms with van der Waals surface area (Å²) in [5, 5.41) is 3.50. The predicted octanol–water partition coefficient (Wildman–Crippen LogP) is 4.40. The molecule has 2 aromatic rings. The summed E-state index contributed by atoms with van der Waals surface area (Å²) < 4.78 is 1.19. The highest BCUT2D eigenvalue weighted by atomic mass is 79.9. The summed E-state index contributed by atoms with van der Waals surface area (Å²) in [5.41, 5.74) is 5.41. The van der Waals surface area contributed by atoms with Crippen LogP contribution in [0.3, 0.4) is 0 Å². The first-order chi connectivity index (χ1) is 9.16. The van der Waals surface area contributed by atoms with Gasteiger partial charge in [0.2, 0.25) is 0 Å². The molecular weight excluding hydrogens is 298 g/mol. The summed E-state index contributed by atoms with van der Waals surface area (Å²) in [4.78, 5) is 0. The minimum absolute atomic E-state index is 0.921. The van der Waals surface area contributed by atoms with E-state index in [0.717, 1.165) is 19.5 Å². The third-order valence-corrected chi connectivity index (χ3v) is 4.25. The third-order valence-electron chi connectivity index (χ3n) is 3.40. The Hall–Kier alpha value is -1.12. The first kappa shape index (κ1) is 14.3. The normalized spacial score (nSPS) is 10.7. The fraction of sp³-hybridized carbons (Fsp3) is 0.294. The average molecular weight is 318 g/mol. The zero-order valence-electron chi connectivity index (χ0n) is 11.5. The highest BCUT2D eigenvalue weighted by molar-refractivity contribution is 9.10. The van der Waals surface area contributed by atoms with Crippen molar-refractivity contribution < 1.29 is 0 Å². The van der Waals surface area contributed by atoms with Gasteiger partial charge >= 0.3 is 0 Å². The Bertz CT molecular complexity index is 549. The van der Waals surface area contributed by atoms with Gasteiger partial charge in [-0.05, 0) is 55.1 Å². The molecule has 2 rings (SSSR count). The van der Waals surface area contributed by atoms with Crippen molar-refractivity contribution in [2.75, 3.05) is 6.54 Å². The highest BCUT2D eigenvalue weighted by Gasteiger charge is 1.99. The maximum Gasteiger partial charge on any atom is 0.0207 e. The number of benzene rings is 2. The molecule has 0 radical (unpaired) electrons. The summed E-state index contributed by atoms with van der Waals surface area (Å²) in [6.07, 6.45) is 1.08. The van der Waals surface area contributed by atoms with E-state index in [0.29, 0.717) is 0 Å². The van der Waals surface area contributed by atoms with Gasteiger partial charge in [0.05, 0.1) is 0 Å². The van der Waals surface area contributed by atoms with Gasteiger partial charge in [-0.15, -0.1) is 0 Å². The van der Waals surface area contributed by atoms with Crippen molar-refractivity contribution in [1.29, 1.82) is 0 Å². The smallest absolute Gasteiger partial charge is 0.0207 e. The lowest BCUT2D eigenvalue weighted by atomic mass is 10.1. The molecular formula is C17H20BrN. The lowest BCUT2D eigenvalue weighted by Crippen LogP contribution is -2.17. The molecule has 0 aliphatic rings. The van der Waals surface area contributed by atoms with Gasteiger partial charge in [0.25, 0.3) is 0 Å². The van der Waals surface area contributed by atoms with Gasteiger partial charge in [-0.1, -0.05) is 52.3 Å². The molecule has 1 N–H and O–H groups in total. The fourth-order valence-electron chi connectivity index (χ4n) is 2.09. The van der Waals surface area contributed by atoms with Crippen molar-refractivity contribution in [2.24, 2.45) is 0 Å². The van der Waals surface area contributed by atoms with Gasteiger partial charge < -0.3 is 5.32 Å². The number of halogens is 1. The molecule has 0 saturated carbocycles. The Balaban J connectivity index is 1.81. The van der Waals surface area contributed by atoms with Crippen molar-refractivity contribution in [3.8, 4) is 0 Å². The molecule has 0 saturated heterocycles. The van der Waals surface area contributed by atoms with Crippen molar-refractivity contribution in [3.05, 3.63) is 69.2 Å². The van der Waals surface area contributed by atoms with Crippen LogP contribution in [0.2, 0.25) is 0 Å². The Labute approximate surface area is 124 Å². The maximum absolute atomic E-state index is 3.57. The zero-order valence-corrected chi connectivity index (χ0v) is 13.1. The Morgan fingerprint density at radius 1 is 1.00 bits per heavy atom. The lowest BCUT2D eigenvalue weighted by Gasteiger charge is -2.08. The van der Waals surface area contributed by atoms with Gasteiger partial charge in [0.15, 0.2) is 0 Å². The van der Waals surface area contributed by atoms with Gasteiger partial charge in [0.1, 0.15) is 0 Å². The van der Waals surface area contributed by atoms with Crippen LogP contribution in [0.1, 0.15) is 22.3 Å². The molecule has 2 heteroatoms. The van der Waals surface area contributed by atoms with Crippen LogP contribution in [0, 0.1) is 13.8 Å². The topological polar surface area (TPSA) is 12.0 Å². The monoisotopic (exact) mass is 317 g/mol. The average Bonchev–Trinajstić information content (AvgIpc) is 2.40. The summed E-state index contributed by atoms with van der Waals surface area (Å²) in [5.74, 6) is 0. The van der Waals surface area contributed by atoms with Crippen molar-refractivity contribution in [1.82, 2.24) is 5.32 Å². The molecule has 0 unspecified atom stereocenters. The van der Waals surface area contributed by atoms with Gasteiger partial charge in [-0.25, -0.2) is 0 Å². The van der Waals surface area contributed by atoms with Crippen LogP contribution in [0.15, 0.2) is 46.9 Å². The Morgan fingerprint density at radius 2 is 1.79 bits per heavy atom. The van der Waals surface area contributed by atoms with E-state index in [1.165, 1.54) is 26.7 Å². The number of aryl methyl sites for hydroxylation is 2. The van der Waals surface area contributed by atoms with E-state index >= 15 is 0 Å². The van der Waals surface area contributed by atoms with E-state index < -0.39 is 0 Å². The molecule has 0 aliphatic carbocycles. The predicted molar refractivity (Wildman–Crippen MR) is 85.5 cm³/mol. The lowest BCUT2D eigenvalue weighted by molar-refractivity contribution is 0.685. The molecule has 100 valence electrons. The van der Waals surface area contributed by atoms with Gasteiger partial charge in [-0.3, -0.25) is 0 Å². The second-order valence-electron chi connectivity index (χ2n) is 4.94. The highest BCUT2D eigenvalue weighted by Crippen LogP contribution is 2.17. The maximum atomic E-state index is 3.57. The number of hydrogen-bond acceptors (Lipinski definition) is 1. The number of nitrogens with one attached hydrogen (secondary N) is 1. The number of rotatable bonds is 5. The molecule has 0 amide bonds. The molecule has 19 heavy (non-hydrogen) atoms. The zero-order chi connectivity index (χ0) is 13.7. The summed E-state index contributed by atoms with van der Waals surface area (Å²) in [6.45, 7) is 6.22. The van der Waals surface area contributed by atoms with Crippen molar-refractivity contribution >= 4 is 15.9 Å². The second-order valence-corrected chi connectivity index (χ2v) is 5.79. The first-order valence-electron chi connectivity index (χ1n) is 6.67. The second kappa shape index (κ2) is 6.88. The summed E-state index contributed by atoms with van der Waals surface area (Å²) in [6, 6.07) is 15.1. The van der Waals surface area contributed by atoms with Gasteiger partial charge in [0, 0.05) is 11.0 Å². The molecule has 1 nitrogen and oxygen atoms in total. The summed E-state index contributed by atoms with van der Waals surface area (Å²) in [7, 11) is 0. The molecule has 2 aromatic carbocycles. The SMILES string of the molecule is Cc1ccc(CNCCc2ccccc2C)cc1Br. The Morgan fingerprint density at radius 3 is 2.53 bits per heavy atom. The molecule has 0 aliphatic heterocycles. The van der Waals surface area contributed by atoms with Crippen LogP contribution < -0.4 is 5.32 Å². The van der Waals surface area contributed by atoms with Crippen LogP contribution in [0.5, 0.6) is 0 Å². The van der Waals surface area contributed by atoms with Crippen LogP contribution >= 0.6 is 15.9 Å². The number of hydrogen-bond donors (Lipinski definition) is 1. The minimum Gasteiger partial charge on any atom is -0.312 e. The molecule has 0 spiro atoms. The van der Waals surface area contributed by atoms with Crippen LogP contribution in [0.4, 0.5) is 0 Å². The van der Waals surface area contributed by atoms with E-state index in [4.69, 9.17) is 0 Å². The Kier molecular flexibility index (Phi) is 5.17. The van der Waals surface area contributed by atoms with E-state index in [9.17, 15) is 0 Å². The summed E-state index contributed by atoms with van der Waals surface area (Å²) >= 11 is 3.57. The largest absolute Gasteiger partial charge is 0.312 e. The van der Waals surface area contributed by atoms with Crippen LogP contribution in [-0.4, -0.2) is 6.54 Å². The minimum atomic E-state index is 0.921. The fourth-order valence-corrected chi connectivity index (χ4v) is 2.52. The molecule has 0 bridgehead atoms. The van der Waals surface area contributed by atoms with E-state index in [-0.39, 0.29) is 0 Å². The van der Waals surface area contributed by atoms with Crippen LogP contribution in [0.25, 0.3) is 0 Å². The van der Waals surface area contributed by atoms with Gasteiger partial charge in [-0.2, -0.15) is 0 Å². The van der Waals surface area contributed by atoms with E-state index in [1.54, 1.807) is 0 Å². The quantitative estimate of drug-likeness (QED) is 0.806. The molecule has 0 atom stereocenters. The van der Waals surface area contributed by atoms with Crippen molar-refractivity contribution in [3.63, 3.8) is 0 Å². The van der Waals surface area contributed by atoms with Crippen LogP contribution in [-0.2, 0) is 13.0 Å². The standard InChI is InChI=1S/C17H20BrN/c1-13-5-3-4-6-16(13)9-10-19-12-15-8-7-14(2)17(18)11-15/h3-8,11,19H,9-10,12H2,1-2H3. The first-order valence-corrected chi connectivity index (χ1v) is 7.46.